The standard InChI is InChI=1S/C11H13N3O2S/c1-16-8-4-2-7(3-5-8)6-9-10(15)13-11(14-12)17-9/h2-5,9H,6,12H2,1H3,(H,13,14,15). The van der Waals surface area contributed by atoms with E-state index in [9.17, 15) is 4.79 Å². The summed E-state index contributed by atoms with van der Waals surface area (Å²) in [6.45, 7) is 0. The number of methoxy groups -OCH3 is 1. The molecule has 2 rings (SSSR count). The fraction of sp³-hybridized carbons (Fsp3) is 0.273. The maximum atomic E-state index is 11.6. The van der Waals surface area contributed by atoms with Gasteiger partial charge in [-0.1, -0.05) is 23.9 Å². The molecule has 0 bridgehead atoms. The van der Waals surface area contributed by atoms with Gasteiger partial charge in [0.25, 0.3) is 0 Å². The molecule has 90 valence electrons. The number of hydrazone groups is 1. The largest absolute Gasteiger partial charge is 0.497 e. The van der Waals surface area contributed by atoms with Crippen molar-refractivity contribution in [2.45, 2.75) is 11.7 Å². The molecule has 1 heterocycles. The van der Waals surface area contributed by atoms with Gasteiger partial charge in [0.05, 0.1) is 12.4 Å². The Hall–Kier alpha value is -1.69. The highest BCUT2D eigenvalue weighted by Gasteiger charge is 2.30. The number of thioether (sulfide) groups is 1. The number of carbonyl (C=O) groups is 1. The summed E-state index contributed by atoms with van der Waals surface area (Å²) in [7, 11) is 1.62. The lowest BCUT2D eigenvalue weighted by molar-refractivity contribution is -0.118. The van der Waals surface area contributed by atoms with Gasteiger partial charge in [0, 0.05) is 0 Å². The molecular formula is C11H13N3O2S. The highest BCUT2D eigenvalue weighted by molar-refractivity contribution is 8.15. The molecule has 5 nitrogen and oxygen atoms in total. The number of nitrogens with zero attached hydrogens (tertiary/aromatic N) is 1. The number of amidine groups is 1. The Morgan fingerprint density at radius 2 is 2.18 bits per heavy atom. The average Bonchev–Trinajstić information content (AvgIpc) is 2.71. The molecule has 6 heteroatoms. The van der Waals surface area contributed by atoms with Crippen LogP contribution in [0.4, 0.5) is 0 Å². The van der Waals surface area contributed by atoms with Gasteiger partial charge in [0.15, 0.2) is 5.17 Å². The summed E-state index contributed by atoms with van der Waals surface area (Å²) in [5.74, 6) is 5.89. The van der Waals surface area contributed by atoms with Crippen molar-refractivity contribution < 1.29 is 9.53 Å². The molecule has 0 radical (unpaired) electrons. The monoisotopic (exact) mass is 251 g/mol. The molecule has 1 aromatic rings. The average molecular weight is 251 g/mol. The Balaban J connectivity index is 2.03. The van der Waals surface area contributed by atoms with Gasteiger partial charge >= 0.3 is 0 Å². The van der Waals surface area contributed by atoms with Crippen molar-refractivity contribution in [3.05, 3.63) is 29.8 Å². The van der Waals surface area contributed by atoms with Crippen LogP contribution in [0, 0.1) is 0 Å². The van der Waals surface area contributed by atoms with Crippen molar-refractivity contribution in [2.24, 2.45) is 10.9 Å². The molecule has 0 aliphatic carbocycles. The predicted octanol–water partition coefficient (Wildman–Crippen LogP) is 0.699. The lowest BCUT2D eigenvalue weighted by Gasteiger charge is -2.06. The lowest BCUT2D eigenvalue weighted by atomic mass is 10.1. The van der Waals surface area contributed by atoms with Crippen LogP contribution in [0.25, 0.3) is 0 Å². The Kier molecular flexibility index (Phi) is 3.53. The molecule has 1 fully saturated rings. The van der Waals surface area contributed by atoms with Gasteiger partial charge in [-0.05, 0) is 24.1 Å². The number of nitrogens with two attached hydrogens (primary N) is 1. The number of carbonyl (C=O) groups excluding carboxylic acids is 1. The van der Waals surface area contributed by atoms with Crippen LogP contribution < -0.4 is 15.9 Å². The molecule has 1 aliphatic rings. The lowest BCUT2D eigenvalue weighted by Crippen LogP contribution is -2.26. The summed E-state index contributed by atoms with van der Waals surface area (Å²) in [5.41, 5.74) is 1.08. The third-order valence-corrected chi connectivity index (χ3v) is 3.57. The maximum Gasteiger partial charge on any atom is 0.239 e. The van der Waals surface area contributed by atoms with E-state index in [1.165, 1.54) is 11.8 Å². The molecule has 0 aromatic heterocycles. The second-order valence-corrected chi connectivity index (χ2v) is 4.77. The third kappa shape index (κ3) is 2.71. The minimum Gasteiger partial charge on any atom is -0.497 e. The van der Waals surface area contributed by atoms with Crippen LogP contribution in [0.1, 0.15) is 5.56 Å². The number of hydrogen-bond acceptors (Lipinski definition) is 5. The highest BCUT2D eigenvalue weighted by atomic mass is 32.2. The first-order chi connectivity index (χ1) is 8.22. The zero-order valence-corrected chi connectivity index (χ0v) is 10.2. The van der Waals surface area contributed by atoms with E-state index in [1.807, 2.05) is 24.3 Å². The van der Waals surface area contributed by atoms with Crippen LogP contribution in [-0.2, 0) is 11.2 Å². The molecular weight excluding hydrogens is 238 g/mol. The van der Waals surface area contributed by atoms with Gasteiger partial charge in [-0.2, -0.15) is 5.10 Å². The van der Waals surface area contributed by atoms with Gasteiger partial charge in [-0.15, -0.1) is 0 Å². The second-order valence-electron chi connectivity index (χ2n) is 3.58. The molecule has 17 heavy (non-hydrogen) atoms. The summed E-state index contributed by atoms with van der Waals surface area (Å²) in [6.07, 6.45) is 0.652. The van der Waals surface area contributed by atoms with Crippen LogP contribution in [-0.4, -0.2) is 23.4 Å². The smallest absolute Gasteiger partial charge is 0.239 e. The summed E-state index contributed by atoms with van der Waals surface area (Å²) in [6, 6.07) is 7.66. The summed E-state index contributed by atoms with van der Waals surface area (Å²) < 4.78 is 5.07. The van der Waals surface area contributed by atoms with Crippen LogP contribution in [0.5, 0.6) is 5.75 Å². The van der Waals surface area contributed by atoms with Crippen molar-refractivity contribution >= 4 is 22.8 Å². The maximum absolute atomic E-state index is 11.6. The molecule has 1 saturated heterocycles. The van der Waals surface area contributed by atoms with Gasteiger partial charge in [0.1, 0.15) is 5.75 Å². The first-order valence-corrected chi connectivity index (χ1v) is 5.99. The van der Waals surface area contributed by atoms with Crippen molar-refractivity contribution in [1.82, 2.24) is 5.32 Å². The van der Waals surface area contributed by atoms with Crippen molar-refractivity contribution in [3.8, 4) is 5.75 Å². The van der Waals surface area contributed by atoms with Gasteiger partial charge in [-0.3, -0.25) is 4.79 Å². The molecule has 3 N–H and O–H groups in total. The summed E-state index contributed by atoms with van der Waals surface area (Å²) >= 11 is 1.36. The van der Waals surface area contributed by atoms with Gasteiger partial charge < -0.3 is 15.9 Å². The highest BCUT2D eigenvalue weighted by Crippen LogP contribution is 2.23. The van der Waals surface area contributed by atoms with E-state index in [0.29, 0.717) is 11.6 Å². The van der Waals surface area contributed by atoms with E-state index >= 15 is 0 Å². The van der Waals surface area contributed by atoms with E-state index in [0.717, 1.165) is 11.3 Å². The molecule has 1 amide bonds. The molecule has 1 aliphatic heterocycles. The summed E-state index contributed by atoms with van der Waals surface area (Å²) in [5, 5.41) is 6.42. The number of hydrogen-bond donors (Lipinski definition) is 2. The van der Waals surface area contributed by atoms with Crippen LogP contribution in [0.3, 0.4) is 0 Å². The zero-order chi connectivity index (χ0) is 12.3. The normalized spacial score (nSPS) is 21.6. The van der Waals surface area contributed by atoms with Crippen LogP contribution >= 0.6 is 11.8 Å². The Bertz CT molecular complexity index is 445. The quantitative estimate of drug-likeness (QED) is 0.612. The number of rotatable bonds is 3. The van der Waals surface area contributed by atoms with Crippen molar-refractivity contribution in [1.29, 1.82) is 0 Å². The van der Waals surface area contributed by atoms with Crippen molar-refractivity contribution in [3.63, 3.8) is 0 Å². The number of ether oxygens (including phenoxy) is 1. The minimum absolute atomic E-state index is 0.0463. The Morgan fingerprint density at radius 1 is 1.47 bits per heavy atom. The molecule has 1 aromatic carbocycles. The van der Waals surface area contributed by atoms with E-state index in [-0.39, 0.29) is 11.2 Å². The Morgan fingerprint density at radius 3 is 2.71 bits per heavy atom. The number of nitrogens with one attached hydrogen (secondary N) is 1. The van der Waals surface area contributed by atoms with E-state index in [1.54, 1.807) is 7.11 Å². The van der Waals surface area contributed by atoms with E-state index in [4.69, 9.17) is 10.6 Å². The van der Waals surface area contributed by atoms with Crippen LogP contribution in [0.2, 0.25) is 0 Å². The molecule has 0 saturated carbocycles. The predicted molar refractivity (Wildman–Crippen MR) is 67.8 cm³/mol. The summed E-state index contributed by atoms with van der Waals surface area (Å²) in [4.78, 5) is 11.6. The first kappa shape index (κ1) is 11.8. The molecule has 1 atom stereocenters. The fourth-order valence-electron chi connectivity index (χ4n) is 1.58. The van der Waals surface area contributed by atoms with Crippen molar-refractivity contribution in [2.75, 3.05) is 7.11 Å². The molecule has 0 spiro atoms. The van der Waals surface area contributed by atoms with E-state index in [2.05, 4.69) is 10.4 Å². The van der Waals surface area contributed by atoms with E-state index < -0.39 is 0 Å². The zero-order valence-electron chi connectivity index (χ0n) is 9.34. The SMILES string of the molecule is COc1ccc(CC2S/C(=N/N)NC2=O)cc1. The fourth-order valence-corrected chi connectivity index (χ4v) is 2.51. The topological polar surface area (TPSA) is 76.7 Å². The third-order valence-electron chi connectivity index (χ3n) is 2.47. The minimum atomic E-state index is -0.161. The number of benzene rings is 1. The first-order valence-electron chi connectivity index (χ1n) is 5.11. The van der Waals surface area contributed by atoms with Crippen LogP contribution in [0.15, 0.2) is 29.4 Å². The van der Waals surface area contributed by atoms with Gasteiger partial charge in [-0.25, -0.2) is 0 Å². The second kappa shape index (κ2) is 5.09. The molecule has 1 unspecified atom stereocenters. The van der Waals surface area contributed by atoms with Gasteiger partial charge in [0.2, 0.25) is 5.91 Å². The Labute approximate surface area is 103 Å². The number of amides is 1.